The Bertz CT molecular complexity index is 196. The van der Waals surface area contributed by atoms with Gasteiger partial charge in [0.1, 0.15) is 0 Å². The van der Waals surface area contributed by atoms with Crippen molar-refractivity contribution in [3.05, 3.63) is 0 Å². The van der Waals surface area contributed by atoms with Crippen molar-refractivity contribution in [2.24, 2.45) is 0 Å². The minimum absolute atomic E-state index is 0.147. The van der Waals surface area contributed by atoms with E-state index in [2.05, 4.69) is 9.64 Å². The molecule has 4 nitrogen and oxygen atoms in total. The van der Waals surface area contributed by atoms with E-state index < -0.39 is 0 Å². The van der Waals surface area contributed by atoms with Gasteiger partial charge in [-0.05, 0) is 26.3 Å². The highest BCUT2D eigenvalue weighted by atomic mass is 16.5. The van der Waals surface area contributed by atoms with Crippen LogP contribution < -0.4 is 0 Å². The lowest BCUT2D eigenvalue weighted by Crippen LogP contribution is -2.34. The summed E-state index contributed by atoms with van der Waals surface area (Å²) in [5.41, 5.74) is 0. The summed E-state index contributed by atoms with van der Waals surface area (Å²) in [5.74, 6) is -0.147. The number of nitrogens with zero attached hydrogens (tertiary/aromatic N) is 1. The molecule has 0 aromatic carbocycles. The predicted octanol–water partition coefficient (Wildman–Crippen LogP) is 0.395. The van der Waals surface area contributed by atoms with Gasteiger partial charge in [0.25, 0.3) is 0 Å². The predicted molar refractivity (Wildman–Crippen MR) is 52.9 cm³/mol. The molecule has 0 spiro atoms. The molecule has 4 heteroatoms. The molecule has 0 saturated carbocycles. The van der Waals surface area contributed by atoms with Gasteiger partial charge in [-0.25, -0.2) is 0 Å². The number of hydrogen-bond acceptors (Lipinski definition) is 4. The number of carbonyl (C=O) groups excluding carboxylic acids is 1. The Morgan fingerprint density at radius 1 is 1.50 bits per heavy atom. The number of ether oxygens (including phenoxy) is 1. The Morgan fingerprint density at radius 2 is 2.14 bits per heavy atom. The molecule has 2 atom stereocenters. The highest BCUT2D eigenvalue weighted by Crippen LogP contribution is 2.26. The van der Waals surface area contributed by atoms with Gasteiger partial charge in [0.15, 0.2) is 0 Å². The van der Waals surface area contributed by atoms with E-state index in [4.69, 9.17) is 5.11 Å². The SMILES string of the molecule is COC(=O)CC1CCC(CCO)N1C. The maximum absolute atomic E-state index is 11.1. The molecule has 0 bridgehead atoms. The highest BCUT2D eigenvalue weighted by molar-refractivity contribution is 5.69. The number of carbonyl (C=O) groups is 1. The van der Waals surface area contributed by atoms with Crippen LogP contribution in [-0.4, -0.2) is 48.8 Å². The first kappa shape index (κ1) is 11.5. The molecule has 0 radical (unpaired) electrons. The second-order valence-corrected chi connectivity index (χ2v) is 3.84. The molecule has 14 heavy (non-hydrogen) atoms. The van der Waals surface area contributed by atoms with Gasteiger partial charge in [-0.15, -0.1) is 0 Å². The van der Waals surface area contributed by atoms with Crippen molar-refractivity contribution in [1.82, 2.24) is 4.90 Å². The van der Waals surface area contributed by atoms with Crippen LogP contribution in [0.2, 0.25) is 0 Å². The number of methoxy groups -OCH3 is 1. The summed E-state index contributed by atoms with van der Waals surface area (Å²) in [7, 11) is 3.43. The van der Waals surface area contributed by atoms with E-state index in [-0.39, 0.29) is 12.6 Å². The largest absolute Gasteiger partial charge is 0.469 e. The first-order valence-corrected chi connectivity index (χ1v) is 5.08. The van der Waals surface area contributed by atoms with Crippen molar-refractivity contribution in [3.8, 4) is 0 Å². The van der Waals surface area contributed by atoms with Crippen molar-refractivity contribution in [1.29, 1.82) is 0 Å². The zero-order valence-electron chi connectivity index (χ0n) is 8.90. The number of esters is 1. The third kappa shape index (κ3) is 2.69. The Morgan fingerprint density at radius 3 is 2.71 bits per heavy atom. The molecule has 0 aliphatic carbocycles. The lowest BCUT2D eigenvalue weighted by atomic mass is 10.1. The van der Waals surface area contributed by atoms with E-state index in [9.17, 15) is 4.79 Å². The summed E-state index contributed by atoms with van der Waals surface area (Å²) in [6.45, 7) is 0.222. The maximum Gasteiger partial charge on any atom is 0.307 e. The molecule has 0 amide bonds. The molecule has 0 aromatic rings. The number of aliphatic hydroxyl groups excluding tert-OH is 1. The average molecular weight is 201 g/mol. The molecule has 82 valence electrons. The molecule has 1 N–H and O–H groups in total. The zero-order valence-corrected chi connectivity index (χ0v) is 8.90. The van der Waals surface area contributed by atoms with Crippen molar-refractivity contribution in [2.75, 3.05) is 20.8 Å². The van der Waals surface area contributed by atoms with Crippen molar-refractivity contribution in [2.45, 2.75) is 37.8 Å². The molecule has 1 aliphatic heterocycles. The van der Waals surface area contributed by atoms with Gasteiger partial charge in [-0.2, -0.15) is 0 Å². The molecule has 1 aliphatic rings. The number of hydrogen-bond donors (Lipinski definition) is 1. The van der Waals surface area contributed by atoms with Gasteiger partial charge in [0.05, 0.1) is 13.5 Å². The van der Waals surface area contributed by atoms with Crippen molar-refractivity contribution < 1.29 is 14.6 Å². The lowest BCUT2D eigenvalue weighted by Gasteiger charge is -2.24. The molecule has 1 heterocycles. The Labute approximate surface area is 84.8 Å². The lowest BCUT2D eigenvalue weighted by molar-refractivity contribution is -0.141. The monoisotopic (exact) mass is 201 g/mol. The first-order chi connectivity index (χ1) is 6.69. The van der Waals surface area contributed by atoms with Gasteiger partial charge in [0, 0.05) is 18.7 Å². The van der Waals surface area contributed by atoms with Crippen LogP contribution in [-0.2, 0) is 9.53 Å². The summed E-state index contributed by atoms with van der Waals surface area (Å²) in [6, 6.07) is 0.716. The van der Waals surface area contributed by atoms with Gasteiger partial charge in [-0.1, -0.05) is 0 Å². The Hall–Kier alpha value is -0.610. The molecule has 2 unspecified atom stereocenters. The quantitative estimate of drug-likeness (QED) is 0.669. The molecular weight excluding hydrogens is 182 g/mol. The summed E-state index contributed by atoms with van der Waals surface area (Å²) in [5, 5.41) is 8.84. The average Bonchev–Trinajstić information content (AvgIpc) is 2.50. The summed E-state index contributed by atoms with van der Waals surface area (Å²) in [4.78, 5) is 13.3. The fourth-order valence-electron chi connectivity index (χ4n) is 2.11. The van der Waals surface area contributed by atoms with Crippen LogP contribution in [0.5, 0.6) is 0 Å². The first-order valence-electron chi connectivity index (χ1n) is 5.08. The molecule has 0 aromatic heterocycles. The molecule has 1 rings (SSSR count). The molecule has 1 saturated heterocycles. The van der Waals surface area contributed by atoms with E-state index in [0.29, 0.717) is 18.5 Å². The minimum atomic E-state index is -0.147. The fourth-order valence-corrected chi connectivity index (χ4v) is 2.11. The van der Waals surface area contributed by atoms with E-state index in [1.807, 2.05) is 7.05 Å². The normalized spacial score (nSPS) is 27.9. The second-order valence-electron chi connectivity index (χ2n) is 3.84. The van der Waals surface area contributed by atoms with Crippen LogP contribution >= 0.6 is 0 Å². The van der Waals surface area contributed by atoms with Crippen molar-refractivity contribution in [3.63, 3.8) is 0 Å². The van der Waals surface area contributed by atoms with Crippen LogP contribution in [0.1, 0.15) is 25.7 Å². The second kappa shape index (κ2) is 5.32. The van der Waals surface area contributed by atoms with Crippen LogP contribution in [0.4, 0.5) is 0 Å². The van der Waals surface area contributed by atoms with Gasteiger partial charge in [0.2, 0.25) is 0 Å². The third-order valence-electron chi connectivity index (χ3n) is 3.08. The third-order valence-corrected chi connectivity index (χ3v) is 3.08. The van der Waals surface area contributed by atoms with Gasteiger partial charge < -0.3 is 9.84 Å². The number of rotatable bonds is 4. The van der Waals surface area contributed by atoms with Gasteiger partial charge in [-0.3, -0.25) is 9.69 Å². The topological polar surface area (TPSA) is 49.8 Å². The number of aliphatic hydroxyl groups is 1. The van der Waals surface area contributed by atoms with Gasteiger partial charge >= 0.3 is 5.97 Å². The van der Waals surface area contributed by atoms with E-state index in [1.165, 1.54) is 7.11 Å². The van der Waals surface area contributed by atoms with E-state index >= 15 is 0 Å². The van der Waals surface area contributed by atoms with E-state index in [0.717, 1.165) is 19.3 Å². The summed E-state index contributed by atoms with van der Waals surface area (Å²) < 4.78 is 4.64. The standard InChI is InChI=1S/C10H19NO3/c1-11-8(5-6-12)3-4-9(11)7-10(13)14-2/h8-9,12H,3-7H2,1-2H3. The summed E-state index contributed by atoms with van der Waals surface area (Å²) >= 11 is 0. The minimum Gasteiger partial charge on any atom is -0.469 e. The maximum atomic E-state index is 11.1. The van der Waals surface area contributed by atoms with E-state index in [1.54, 1.807) is 0 Å². The van der Waals surface area contributed by atoms with Crippen LogP contribution in [0.25, 0.3) is 0 Å². The number of likely N-dealkylation sites (tertiary alicyclic amines) is 1. The summed E-state index contributed by atoms with van der Waals surface area (Å²) in [6.07, 6.45) is 3.36. The zero-order chi connectivity index (χ0) is 10.6. The molecule has 1 fully saturated rings. The highest BCUT2D eigenvalue weighted by Gasteiger charge is 2.31. The molecular formula is C10H19NO3. The fraction of sp³-hybridized carbons (Fsp3) is 0.900. The van der Waals surface area contributed by atoms with Crippen LogP contribution in [0.15, 0.2) is 0 Å². The Kier molecular flexibility index (Phi) is 4.35. The smallest absolute Gasteiger partial charge is 0.307 e. The Balaban J connectivity index is 2.38. The van der Waals surface area contributed by atoms with Crippen LogP contribution in [0, 0.1) is 0 Å². The van der Waals surface area contributed by atoms with Crippen molar-refractivity contribution >= 4 is 5.97 Å². The van der Waals surface area contributed by atoms with Crippen LogP contribution in [0.3, 0.4) is 0 Å².